The Hall–Kier alpha value is -0.410. The summed E-state index contributed by atoms with van der Waals surface area (Å²) >= 11 is 0. The molecule has 0 aromatic carbocycles. The number of hydrogen-bond acceptors (Lipinski definition) is 3. The maximum absolute atomic E-state index is 12.4. The third-order valence-corrected chi connectivity index (χ3v) is 4.83. The van der Waals surface area contributed by atoms with E-state index in [-0.39, 0.29) is 17.9 Å². The van der Waals surface area contributed by atoms with Gasteiger partial charge in [0.15, 0.2) is 0 Å². The van der Waals surface area contributed by atoms with Gasteiger partial charge in [-0.3, -0.25) is 9.69 Å². The van der Waals surface area contributed by atoms with Crippen LogP contribution in [0.15, 0.2) is 0 Å². The van der Waals surface area contributed by atoms with Crippen LogP contribution < -0.4 is 0 Å². The van der Waals surface area contributed by atoms with Crippen molar-refractivity contribution in [1.29, 1.82) is 0 Å². The molecule has 0 aromatic heterocycles. The normalized spacial score (nSPS) is 28.4. The van der Waals surface area contributed by atoms with E-state index < -0.39 is 0 Å². The van der Waals surface area contributed by atoms with Crippen LogP contribution >= 0.6 is 0 Å². The van der Waals surface area contributed by atoms with Crippen molar-refractivity contribution in [2.24, 2.45) is 11.3 Å². The highest BCUT2D eigenvalue weighted by atomic mass is 16.3. The quantitative estimate of drug-likeness (QED) is 0.817. The number of nitrogens with zero attached hydrogens (tertiary/aromatic N) is 1. The van der Waals surface area contributed by atoms with Crippen LogP contribution in [0.3, 0.4) is 0 Å². The Kier molecular flexibility index (Phi) is 4.44. The summed E-state index contributed by atoms with van der Waals surface area (Å²) in [5, 5.41) is 9.18. The number of rotatable bonds is 5. The monoisotopic (exact) mass is 253 g/mol. The van der Waals surface area contributed by atoms with E-state index in [9.17, 15) is 9.90 Å². The lowest BCUT2D eigenvalue weighted by Gasteiger charge is -2.41. The molecule has 1 N–H and O–H groups in total. The summed E-state index contributed by atoms with van der Waals surface area (Å²) in [5.74, 6) is 0.636. The van der Waals surface area contributed by atoms with E-state index >= 15 is 0 Å². The fourth-order valence-electron chi connectivity index (χ4n) is 3.36. The van der Waals surface area contributed by atoms with E-state index in [0.29, 0.717) is 11.8 Å². The van der Waals surface area contributed by atoms with Crippen LogP contribution in [0, 0.1) is 11.3 Å². The number of carbonyl (C=O) groups is 1. The first-order valence-electron chi connectivity index (χ1n) is 7.44. The molecule has 3 heteroatoms. The van der Waals surface area contributed by atoms with Gasteiger partial charge >= 0.3 is 0 Å². The highest BCUT2D eigenvalue weighted by Gasteiger charge is 2.38. The zero-order valence-corrected chi connectivity index (χ0v) is 11.8. The van der Waals surface area contributed by atoms with Gasteiger partial charge in [0.25, 0.3) is 0 Å². The Morgan fingerprint density at radius 3 is 2.56 bits per heavy atom. The van der Waals surface area contributed by atoms with Gasteiger partial charge in [-0.15, -0.1) is 0 Å². The molecule has 2 saturated carbocycles. The SMILES string of the molecule is CC1(C)CCCC(CN(CCO)C2CCC2)C1=O. The largest absolute Gasteiger partial charge is 0.395 e. The second kappa shape index (κ2) is 5.70. The van der Waals surface area contributed by atoms with Gasteiger partial charge in [-0.05, 0) is 25.7 Å². The average molecular weight is 253 g/mol. The summed E-state index contributed by atoms with van der Waals surface area (Å²) in [7, 11) is 0. The van der Waals surface area contributed by atoms with Crippen LogP contribution in [0.2, 0.25) is 0 Å². The summed E-state index contributed by atoms with van der Waals surface area (Å²) < 4.78 is 0. The van der Waals surface area contributed by atoms with Gasteiger partial charge in [0.2, 0.25) is 0 Å². The van der Waals surface area contributed by atoms with Gasteiger partial charge in [-0.1, -0.05) is 26.7 Å². The van der Waals surface area contributed by atoms with Crippen LogP contribution in [0.5, 0.6) is 0 Å². The molecule has 0 aromatic rings. The fraction of sp³-hybridized carbons (Fsp3) is 0.933. The Balaban J connectivity index is 1.95. The van der Waals surface area contributed by atoms with Crippen molar-refractivity contribution < 1.29 is 9.90 Å². The molecule has 0 amide bonds. The number of aliphatic hydroxyl groups excluding tert-OH is 1. The molecule has 1 atom stereocenters. The van der Waals surface area contributed by atoms with Crippen LogP contribution in [-0.4, -0.2) is 41.5 Å². The molecule has 0 radical (unpaired) electrons. The molecular formula is C15H27NO2. The maximum atomic E-state index is 12.4. The number of ketones is 1. The van der Waals surface area contributed by atoms with E-state index in [4.69, 9.17) is 0 Å². The first-order valence-corrected chi connectivity index (χ1v) is 7.44. The van der Waals surface area contributed by atoms with E-state index in [1.807, 2.05) is 0 Å². The van der Waals surface area contributed by atoms with Crippen LogP contribution in [-0.2, 0) is 4.79 Å². The summed E-state index contributed by atoms with van der Waals surface area (Å²) in [5.41, 5.74) is -0.132. The summed E-state index contributed by atoms with van der Waals surface area (Å²) in [6, 6.07) is 0.620. The molecule has 2 rings (SSSR count). The van der Waals surface area contributed by atoms with Gasteiger partial charge in [0.1, 0.15) is 5.78 Å². The van der Waals surface area contributed by atoms with Crippen LogP contribution in [0.4, 0.5) is 0 Å². The average Bonchev–Trinajstić information content (AvgIpc) is 2.22. The molecule has 0 aliphatic heterocycles. The zero-order chi connectivity index (χ0) is 13.2. The van der Waals surface area contributed by atoms with Gasteiger partial charge in [-0.25, -0.2) is 0 Å². The third-order valence-electron chi connectivity index (χ3n) is 4.83. The van der Waals surface area contributed by atoms with Crippen LogP contribution in [0.25, 0.3) is 0 Å². The van der Waals surface area contributed by atoms with Crippen molar-refractivity contribution >= 4 is 5.78 Å². The number of aliphatic hydroxyl groups is 1. The zero-order valence-electron chi connectivity index (χ0n) is 11.8. The maximum Gasteiger partial charge on any atom is 0.142 e. The molecule has 0 spiro atoms. The molecule has 18 heavy (non-hydrogen) atoms. The summed E-state index contributed by atoms with van der Waals surface area (Å²) in [6.07, 6.45) is 7.02. The predicted octanol–water partition coefficient (Wildman–Crippen LogP) is 2.23. The summed E-state index contributed by atoms with van der Waals surface area (Å²) in [6.45, 7) is 5.98. The lowest BCUT2D eigenvalue weighted by molar-refractivity contribution is -0.135. The standard InChI is InChI=1S/C15H27NO2/c1-15(2)8-4-5-12(14(15)18)11-16(9-10-17)13-6-3-7-13/h12-13,17H,3-11H2,1-2H3. The summed E-state index contributed by atoms with van der Waals surface area (Å²) in [4.78, 5) is 14.8. The predicted molar refractivity (Wildman–Crippen MR) is 72.4 cm³/mol. The molecular weight excluding hydrogens is 226 g/mol. The van der Waals surface area contributed by atoms with E-state index in [0.717, 1.165) is 25.9 Å². The van der Waals surface area contributed by atoms with Crippen LogP contribution in [0.1, 0.15) is 52.4 Å². The highest BCUT2D eigenvalue weighted by molar-refractivity contribution is 5.87. The topological polar surface area (TPSA) is 40.5 Å². The Morgan fingerprint density at radius 1 is 1.28 bits per heavy atom. The molecule has 2 aliphatic carbocycles. The van der Waals surface area contributed by atoms with Crippen molar-refractivity contribution in [3.8, 4) is 0 Å². The van der Waals surface area contributed by atoms with Crippen molar-refractivity contribution in [3.63, 3.8) is 0 Å². The molecule has 1 unspecified atom stereocenters. The van der Waals surface area contributed by atoms with Crippen molar-refractivity contribution in [2.75, 3.05) is 19.7 Å². The van der Waals surface area contributed by atoms with Gasteiger partial charge in [0, 0.05) is 30.5 Å². The minimum Gasteiger partial charge on any atom is -0.395 e. The lowest BCUT2D eigenvalue weighted by Crippen LogP contribution is -2.48. The van der Waals surface area contributed by atoms with E-state index in [1.54, 1.807) is 0 Å². The van der Waals surface area contributed by atoms with Gasteiger partial charge in [-0.2, -0.15) is 0 Å². The minimum absolute atomic E-state index is 0.132. The van der Waals surface area contributed by atoms with E-state index in [2.05, 4.69) is 18.7 Å². The number of hydrogen-bond donors (Lipinski definition) is 1. The molecule has 0 saturated heterocycles. The highest BCUT2D eigenvalue weighted by Crippen LogP contribution is 2.36. The Morgan fingerprint density at radius 2 is 2.00 bits per heavy atom. The Labute approximate surface area is 111 Å². The van der Waals surface area contributed by atoms with Crippen molar-refractivity contribution in [2.45, 2.75) is 58.4 Å². The Bertz CT molecular complexity index is 297. The molecule has 0 bridgehead atoms. The van der Waals surface area contributed by atoms with Crippen molar-refractivity contribution in [1.82, 2.24) is 4.90 Å². The number of carbonyl (C=O) groups excluding carboxylic acids is 1. The van der Waals surface area contributed by atoms with Gasteiger partial charge in [0.05, 0.1) is 6.61 Å². The second-order valence-electron chi connectivity index (χ2n) is 6.64. The van der Waals surface area contributed by atoms with E-state index in [1.165, 1.54) is 25.7 Å². The smallest absolute Gasteiger partial charge is 0.142 e. The second-order valence-corrected chi connectivity index (χ2v) is 6.64. The minimum atomic E-state index is -0.132. The molecule has 3 nitrogen and oxygen atoms in total. The van der Waals surface area contributed by atoms with Gasteiger partial charge < -0.3 is 5.11 Å². The molecule has 0 heterocycles. The number of Topliss-reactive ketones (excluding diaryl/α,β-unsaturated/α-hetero) is 1. The molecule has 2 fully saturated rings. The molecule has 104 valence electrons. The first kappa shape index (κ1) is 14.0. The third kappa shape index (κ3) is 2.94. The molecule has 2 aliphatic rings. The first-order chi connectivity index (χ1) is 8.54. The van der Waals surface area contributed by atoms with Crippen molar-refractivity contribution in [3.05, 3.63) is 0 Å². The lowest BCUT2D eigenvalue weighted by atomic mass is 9.70. The fourth-order valence-corrected chi connectivity index (χ4v) is 3.36.